The van der Waals surface area contributed by atoms with E-state index in [4.69, 9.17) is 4.74 Å². The molecule has 0 radical (unpaired) electrons. The van der Waals surface area contributed by atoms with Crippen molar-refractivity contribution in [3.8, 4) is 5.75 Å². The zero-order valence-corrected chi connectivity index (χ0v) is 11.1. The van der Waals surface area contributed by atoms with Gasteiger partial charge in [-0.15, -0.1) is 0 Å². The van der Waals surface area contributed by atoms with Crippen molar-refractivity contribution in [2.45, 2.75) is 34.2 Å². The highest BCUT2D eigenvalue weighted by molar-refractivity contribution is 5.36. The summed E-state index contributed by atoms with van der Waals surface area (Å²) in [5.74, 6) is 0.958. The summed E-state index contributed by atoms with van der Waals surface area (Å²) in [7, 11) is 1.71. The minimum atomic E-state index is 0.335. The fourth-order valence-corrected chi connectivity index (χ4v) is 1.63. The molecule has 1 aromatic rings. The molecule has 0 unspecified atom stereocenters. The molecule has 0 aromatic heterocycles. The summed E-state index contributed by atoms with van der Waals surface area (Å²) in [4.78, 5) is 0. The van der Waals surface area contributed by atoms with E-state index in [9.17, 15) is 0 Å². The van der Waals surface area contributed by atoms with Gasteiger partial charge in [-0.25, -0.2) is 0 Å². The lowest BCUT2D eigenvalue weighted by Crippen LogP contribution is -2.26. The number of hydrogen-bond acceptors (Lipinski definition) is 2. The molecule has 0 heterocycles. The SMILES string of the molecule is COc1ccc(CNCC(C)(C)C)cc1C. The molecule has 0 aliphatic carbocycles. The third-order valence-corrected chi connectivity index (χ3v) is 2.44. The Balaban J connectivity index is 2.52. The molecule has 16 heavy (non-hydrogen) atoms. The normalized spacial score (nSPS) is 11.6. The van der Waals surface area contributed by atoms with Crippen molar-refractivity contribution in [2.24, 2.45) is 5.41 Å². The Morgan fingerprint density at radius 1 is 1.25 bits per heavy atom. The third kappa shape index (κ3) is 4.23. The lowest BCUT2D eigenvalue weighted by atomic mass is 9.97. The number of benzene rings is 1. The zero-order chi connectivity index (χ0) is 12.2. The van der Waals surface area contributed by atoms with E-state index < -0.39 is 0 Å². The molecule has 2 heteroatoms. The molecule has 1 aromatic carbocycles. The first kappa shape index (κ1) is 13.0. The molecule has 0 amide bonds. The standard InChI is InChI=1S/C14H23NO/c1-11-8-12(6-7-13(11)16-5)9-15-10-14(2,3)4/h6-8,15H,9-10H2,1-5H3. The van der Waals surface area contributed by atoms with E-state index in [2.05, 4.69) is 45.1 Å². The van der Waals surface area contributed by atoms with Gasteiger partial charge >= 0.3 is 0 Å². The molecule has 0 saturated heterocycles. The largest absolute Gasteiger partial charge is 0.496 e. The van der Waals surface area contributed by atoms with E-state index in [0.29, 0.717) is 5.41 Å². The average molecular weight is 221 g/mol. The van der Waals surface area contributed by atoms with Gasteiger partial charge in [0.2, 0.25) is 0 Å². The molecule has 90 valence electrons. The van der Waals surface area contributed by atoms with Crippen LogP contribution in [0.3, 0.4) is 0 Å². The van der Waals surface area contributed by atoms with Crippen LogP contribution in [0.2, 0.25) is 0 Å². The van der Waals surface area contributed by atoms with Gasteiger partial charge in [0.1, 0.15) is 5.75 Å². The molecule has 0 aliphatic rings. The minimum absolute atomic E-state index is 0.335. The van der Waals surface area contributed by atoms with Gasteiger partial charge in [0.15, 0.2) is 0 Å². The monoisotopic (exact) mass is 221 g/mol. The highest BCUT2D eigenvalue weighted by Gasteiger charge is 2.08. The second-order valence-corrected chi connectivity index (χ2v) is 5.47. The van der Waals surface area contributed by atoms with Crippen molar-refractivity contribution in [1.29, 1.82) is 0 Å². The maximum atomic E-state index is 5.24. The average Bonchev–Trinajstić information content (AvgIpc) is 2.16. The van der Waals surface area contributed by atoms with E-state index >= 15 is 0 Å². The van der Waals surface area contributed by atoms with Crippen LogP contribution in [0.1, 0.15) is 31.9 Å². The van der Waals surface area contributed by atoms with Gasteiger partial charge in [-0.3, -0.25) is 0 Å². The molecule has 0 saturated carbocycles. The molecule has 0 aliphatic heterocycles. The van der Waals surface area contributed by atoms with Gasteiger partial charge in [0.05, 0.1) is 7.11 Å². The molecule has 0 bridgehead atoms. The van der Waals surface area contributed by atoms with Crippen LogP contribution < -0.4 is 10.1 Å². The van der Waals surface area contributed by atoms with E-state index in [0.717, 1.165) is 18.8 Å². The molecule has 0 atom stereocenters. The summed E-state index contributed by atoms with van der Waals surface area (Å²) in [6.07, 6.45) is 0. The van der Waals surface area contributed by atoms with Crippen LogP contribution in [0.5, 0.6) is 5.75 Å². The van der Waals surface area contributed by atoms with Crippen molar-refractivity contribution >= 4 is 0 Å². The second-order valence-electron chi connectivity index (χ2n) is 5.47. The van der Waals surface area contributed by atoms with E-state index in [1.165, 1.54) is 11.1 Å². The van der Waals surface area contributed by atoms with Crippen molar-refractivity contribution in [3.63, 3.8) is 0 Å². The highest BCUT2D eigenvalue weighted by atomic mass is 16.5. The Kier molecular flexibility index (Phi) is 4.36. The van der Waals surface area contributed by atoms with Gasteiger partial charge in [-0.05, 0) is 29.5 Å². The van der Waals surface area contributed by atoms with Gasteiger partial charge < -0.3 is 10.1 Å². The molecule has 2 nitrogen and oxygen atoms in total. The maximum Gasteiger partial charge on any atom is 0.121 e. The van der Waals surface area contributed by atoms with Gasteiger partial charge in [0.25, 0.3) is 0 Å². The Labute approximate surface area is 99.0 Å². The predicted octanol–water partition coefficient (Wildman–Crippen LogP) is 3.14. The number of ether oxygens (including phenoxy) is 1. The number of hydrogen-bond donors (Lipinski definition) is 1. The quantitative estimate of drug-likeness (QED) is 0.843. The molecule has 1 N–H and O–H groups in total. The van der Waals surface area contributed by atoms with E-state index in [-0.39, 0.29) is 0 Å². The Morgan fingerprint density at radius 2 is 1.94 bits per heavy atom. The van der Waals surface area contributed by atoms with Crippen LogP contribution in [-0.2, 0) is 6.54 Å². The van der Waals surface area contributed by atoms with Crippen molar-refractivity contribution in [3.05, 3.63) is 29.3 Å². The summed E-state index contributed by atoms with van der Waals surface area (Å²) in [6, 6.07) is 6.32. The number of aryl methyl sites for hydroxylation is 1. The minimum Gasteiger partial charge on any atom is -0.496 e. The number of methoxy groups -OCH3 is 1. The van der Waals surface area contributed by atoms with Crippen LogP contribution in [0.25, 0.3) is 0 Å². The Morgan fingerprint density at radius 3 is 2.44 bits per heavy atom. The van der Waals surface area contributed by atoms with Crippen molar-refractivity contribution < 1.29 is 4.74 Å². The smallest absolute Gasteiger partial charge is 0.121 e. The van der Waals surface area contributed by atoms with Crippen molar-refractivity contribution in [1.82, 2.24) is 5.32 Å². The van der Waals surface area contributed by atoms with Crippen LogP contribution in [0, 0.1) is 12.3 Å². The Hall–Kier alpha value is -1.02. The topological polar surface area (TPSA) is 21.3 Å². The first-order valence-corrected chi connectivity index (χ1v) is 5.76. The van der Waals surface area contributed by atoms with Crippen LogP contribution in [-0.4, -0.2) is 13.7 Å². The molecule has 1 rings (SSSR count). The fraction of sp³-hybridized carbons (Fsp3) is 0.571. The van der Waals surface area contributed by atoms with Crippen molar-refractivity contribution in [2.75, 3.05) is 13.7 Å². The molecular weight excluding hydrogens is 198 g/mol. The highest BCUT2D eigenvalue weighted by Crippen LogP contribution is 2.18. The van der Waals surface area contributed by atoms with Gasteiger partial charge in [-0.1, -0.05) is 32.9 Å². The summed E-state index contributed by atoms with van der Waals surface area (Å²) in [5, 5.41) is 3.47. The first-order valence-electron chi connectivity index (χ1n) is 5.76. The molecule has 0 fully saturated rings. The second kappa shape index (κ2) is 5.35. The number of rotatable bonds is 4. The maximum absolute atomic E-state index is 5.24. The van der Waals surface area contributed by atoms with Gasteiger partial charge in [-0.2, -0.15) is 0 Å². The summed E-state index contributed by atoms with van der Waals surface area (Å²) >= 11 is 0. The molecular formula is C14H23NO. The van der Waals surface area contributed by atoms with Gasteiger partial charge in [0, 0.05) is 13.1 Å². The third-order valence-electron chi connectivity index (χ3n) is 2.44. The summed E-state index contributed by atoms with van der Waals surface area (Å²) in [5.41, 5.74) is 2.83. The van der Waals surface area contributed by atoms with E-state index in [1.54, 1.807) is 7.11 Å². The fourth-order valence-electron chi connectivity index (χ4n) is 1.63. The van der Waals surface area contributed by atoms with Crippen LogP contribution in [0.4, 0.5) is 0 Å². The van der Waals surface area contributed by atoms with Crippen LogP contribution >= 0.6 is 0 Å². The number of nitrogens with one attached hydrogen (secondary N) is 1. The predicted molar refractivity (Wildman–Crippen MR) is 68.9 cm³/mol. The van der Waals surface area contributed by atoms with E-state index in [1.807, 2.05) is 6.07 Å². The first-order chi connectivity index (χ1) is 7.42. The lowest BCUT2D eigenvalue weighted by molar-refractivity contribution is 0.379. The Bertz CT molecular complexity index is 339. The molecule has 0 spiro atoms. The van der Waals surface area contributed by atoms with Crippen LogP contribution in [0.15, 0.2) is 18.2 Å². The lowest BCUT2D eigenvalue weighted by Gasteiger charge is -2.19. The summed E-state index contributed by atoms with van der Waals surface area (Å²) in [6.45, 7) is 10.7. The zero-order valence-electron chi connectivity index (χ0n) is 11.1. The summed E-state index contributed by atoms with van der Waals surface area (Å²) < 4.78 is 5.24.